The van der Waals surface area contributed by atoms with E-state index in [-0.39, 0.29) is 30.2 Å². The molecule has 1 aliphatic rings. The fourth-order valence-electron chi connectivity index (χ4n) is 4.46. The second-order valence-corrected chi connectivity index (χ2v) is 9.24. The monoisotopic (exact) mass is 456 g/mol. The molecule has 2 heterocycles. The minimum atomic E-state index is -0.651. The molecule has 1 N–H and O–H groups in total. The quantitative estimate of drug-likeness (QED) is 0.558. The molecule has 1 aromatic heterocycles. The molecule has 0 saturated carbocycles. The van der Waals surface area contributed by atoms with Crippen molar-refractivity contribution in [1.82, 2.24) is 19.9 Å². The van der Waals surface area contributed by atoms with E-state index in [1.165, 1.54) is 10.1 Å². The zero-order valence-electron chi connectivity index (χ0n) is 20.0. The number of Topliss-reactive ketones (excluding diaryl/α,β-unsaturated/α-hetero) is 1. The average molecular weight is 457 g/mol. The fraction of sp³-hybridized carbons (Fsp3) is 0.600. The van der Waals surface area contributed by atoms with E-state index in [0.717, 1.165) is 38.8 Å². The van der Waals surface area contributed by atoms with Crippen LogP contribution in [0, 0.1) is 5.92 Å². The third-order valence-corrected chi connectivity index (χ3v) is 6.25. The molecule has 0 unspecified atom stereocenters. The van der Waals surface area contributed by atoms with E-state index in [1.54, 1.807) is 0 Å². The predicted molar refractivity (Wildman–Crippen MR) is 126 cm³/mol. The number of carbonyl (C=O) groups is 2. The zero-order chi connectivity index (χ0) is 23.8. The van der Waals surface area contributed by atoms with Gasteiger partial charge in [0.25, 0.3) is 0 Å². The number of hydrogen-bond acceptors (Lipinski definition) is 6. The van der Waals surface area contributed by atoms with Crippen molar-refractivity contribution in [2.45, 2.75) is 77.9 Å². The van der Waals surface area contributed by atoms with E-state index in [0.29, 0.717) is 18.7 Å². The molecule has 0 bridgehead atoms. The van der Waals surface area contributed by atoms with Crippen LogP contribution in [-0.4, -0.2) is 51.5 Å². The molecule has 0 spiro atoms. The highest BCUT2D eigenvalue weighted by Crippen LogP contribution is 2.19. The predicted octanol–water partition coefficient (Wildman–Crippen LogP) is 2.60. The zero-order valence-corrected chi connectivity index (χ0v) is 20.0. The molecule has 8 heteroatoms. The van der Waals surface area contributed by atoms with Crippen molar-refractivity contribution in [3.63, 3.8) is 0 Å². The van der Waals surface area contributed by atoms with Gasteiger partial charge in [-0.3, -0.25) is 23.6 Å². The second-order valence-electron chi connectivity index (χ2n) is 9.24. The highest BCUT2D eigenvalue weighted by molar-refractivity contribution is 5.90. The summed E-state index contributed by atoms with van der Waals surface area (Å²) in [6.45, 7) is 7.42. The molecule has 0 radical (unpaired) electrons. The van der Waals surface area contributed by atoms with Gasteiger partial charge >= 0.3 is 5.76 Å². The molecule has 2 atom stereocenters. The standard InChI is InChI=1S/C25H36N4O4/c1-4-23-27-33-25(32)29(23)17-22(30)20(16-18(2)3)26-24(31)21-12-8-9-14-28(21)15-13-19-10-6-5-7-11-19/h5-7,10-11,18,20-21H,4,8-9,12-17H2,1-3H3,(H,26,31)/t20-,21-/m0/s1. The molecule has 33 heavy (non-hydrogen) atoms. The van der Waals surface area contributed by atoms with Gasteiger partial charge in [-0.05, 0) is 43.7 Å². The van der Waals surface area contributed by atoms with Crippen LogP contribution in [0.25, 0.3) is 0 Å². The Labute approximate surface area is 195 Å². The Kier molecular flexibility index (Phi) is 9.00. The number of benzene rings is 1. The van der Waals surface area contributed by atoms with Crippen LogP contribution in [0.2, 0.25) is 0 Å². The van der Waals surface area contributed by atoms with Gasteiger partial charge in [-0.25, -0.2) is 4.79 Å². The summed E-state index contributed by atoms with van der Waals surface area (Å²) in [4.78, 5) is 40.6. The maximum absolute atomic E-state index is 13.3. The van der Waals surface area contributed by atoms with Crippen LogP contribution < -0.4 is 11.1 Å². The molecular formula is C25H36N4O4. The molecule has 1 amide bonds. The van der Waals surface area contributed by atoms with Crippen molar-refractivity contribution < 1.29 is 14.1 Å². The van der Waals surface area contributed by atoms with Gasteiger partial charge in [0, 0.05) is 13.0 Å². The van der Waals surface area contributed by atoms with Crippen molar-refractivity contribution in [3.8, 4) is 0 Å². The lowest BCUT2D eigenvalue weighted by Gasteiger charge is -2.35. The first-order valence-electron chi connectivity index (χ1n) is 12.1. The molecule has 8 nitrogen and oxygen atoms in total. The number of ketones is 1. The molecule has 1 saturated heterocycles. The minimum Gasteiger partial charge on any atom is -0.345 e. The summed E-state index contributed by atoms with van der Waals surface area (Å²) in [5, 5.41) is 6.75. The SMILES string of the molecule is CCc1noc(=O)n1CC(=O)[C@H](CC(C)C)NC(=O)[C@@H]1CCCCN1CCc1ccccc1. The highest BCUT2D eigenvalue weighted by atomic mass is 16.5. The number of nitrogens with zero attached hydrogens (tertiary/aromatic N) is 3. The molecule has 0 aliphatic carbocycles. The first-order chi connectivity index (χ1) is 15.9. The third-order valence-electron chi connectivity index (χ3n) is 6.25. The number of likely N-dealkylation sites (tertiary alicyclic amines) is 1. The normalized spacial score (nSPS) is 17.8. The average Bonchev–Trinajstić information content (AvgIpc) is 3.16. The van der Waals surface area contributed by atoms with Crippen molar-refractivity contribution in [2.24, 2.45) is 5.92 Å². The Hall–Kier alpha value is -2.74. The number of nitrogens with one attached hydrogen (secondary N) is 1. The summed E-state index contributed by atoms with van der Waals surface area (Å²) in [6.07, 6.45) is 4.74. The molecule has 180 valence electrons. The van der Waals surface area contributed by atoms with Crippen LogP contribution in [0.3, 0.4) is 0 Å². The van der Waals surface area contributed by atoms with Gasteiger partial charge < -0.3 is 5.32 Å². The van der Waals surface area contributed by atoms with Crippen molar-refractivity contribution in [2.75, 3.05) is 13.1 Å². The summed E-state index contributed by atoms with van der Waals surface area (Å²) < 4.78 is 5.97. The van der Waals surface area contributed by atoms with Gasteiger partial charge in [-0.15, -0.1) is 0 Å². The van der Waals surface area contributed by atoms with Crippen LogP contribution >= 0.6 is 0 Å². The summed E-state index contributed by atoms with van der Waals surface area (Å²) in [7, 11) is 0. The van der Waals surface area contributed by atoms with Gasteiger partial charge in [-0.1, -0.05) is 62.7 Å². The van der Waals surface area contributed by atoms with Crippen LogP contribution in [-0.2, 0) is 29.0 Å². The highest BCUT2D eigenvalue weighted by Gasteiger charge is 2.32. The molecule has 1 aliphatic heterocycles. The molecule has 2 aromatic rings. The summed E-state index contributed by atoms with van der Waals surface area (Å²) >= 11 is 0. The smallest absolute Gasteiger partial charge is 0.345 e. The van der Waals surface area contributed by atoms with Crippen LogP contribution in [0.4, 0.5) is 0 Å². The topological polar surface area (TPSA) is 97.4 Å². The number of aryl methyl sites for hydroxylation is 1. The van der Waals surface area contributed by atoms with E-state index in [1.807, 2.05) is 39.0 Å². The third kappa shape index (κ3) is 6.87. The van der Waals surface area contributed by atoms with E-state index >= 15 is 0 Å². The van der Waals surface area contributed by atoms with Crippen LogP contribution in [0.15, 0.2) is 39.6 Å². The lowest BCUT2D eigenvalue weighted by atomic mass is 9.97. The van der Waals surface area contributed by atoms with Crippen molar-refractivity contribution in [3.05, 3.63) is 52.3 Å². The first-order valence-corrected chi connectivity index (χ1v) is 12.1. The Morgan fingerprint density at radius 3 is 2.67 bits per heavy atom. The van der Waals surface area contributed by atoms with Gasteiger partial charge in [0.1, 0.15) is 0 Å². The molecular weight excluding hydrogens is 420 g/mol. The van der Waals surface area contributed by atoms with Crippen LogP contribution in [0.5, 0.6) is 0 Å². The summed E-state index contributed by atoms with van der Waals surface area (Å²) in [6, 6.07) is 9.38. The van der Waals surface area contributed by atoms with Crippen LogP contribution in [0.1, 0.15) is 57.8 Å². The summed E-state index contributed by atoms with van der Waals surface area (Å²) in [5.74, 6) is -0.306. The number of carbonyl (C=O) groups excluding carboxylic acids is 2. The maximum Gasteiger partial charge on any atom is 0.442 e. The van der Waals surface area contributed by atoms with Gasteiger partial charge in [-0.2, -0.15) is 0 Å². The largest absolute Gasteiger partial charge is 0.442 e. The van der Waals surface area contributed by atoms with Crippen molar-refractivity contribution >= 4 is 11.7 Å². The van der Waals surface area contributed by atoms with Crippen molar-refractivity contribution in [1.29, 1.82) is 0 Å². The van der Waals surface area contributed by atoms with E-state index in [2.05, 4.69) is 27.5 Å². The Bertz CT molecular complexity index is 966. The van der Waals surface area contributed by atoms with Gasteiger partial charge in [0.2, 0.25) is 5.91 Å². The Morgan fingerprint density at radius 2 is 1.97 bits per heavy atom. The summed E-state index contributed by atoms with van der Waals surface area (Å²) in [5.41, 5.74) is 1.25. The van der Waals surface area contributed by atoms with Gasteiger partial charge in [0.15, 0.2) is 11.6 Å². The lowest BCUT2D eigenvalue weighted by Crippen LogP contribution is -2.54. The Balaban J connectivity index is 1.67. The van der Waals surface area contributed by atoms with Gasteiger partial charge in [0.05, 0.1) is 18.6 Å². The van der Waals surface area contributed by atoms with E-state index in [9.17, 15) is 14.4 Å². The number of amides is 1. The number of hydrogen-bond donors (Lipinski definition) is 1. The number of aromatic nitrogens is 2. The molecule has 3 rings (SSSR count). The Morgan fingerprint density at radius 1 is 1.21 bits per heavy atom. The molecule has 1 aromatic carbocycles. The first kappa shape index (κ1) is 24.9. The molecule has 1 fully saturated rings. The number of piperidine rings is 1. The fourth-order valence-corrected chi connectivity index (χ4v) is 4.46. The van der Waals surface area contributed by atoms with E-state index < -0.39 is 11.8 Å². The maximum atomic E-state index is 13.3. The number of rotatable bonds is 11. The lowest BCUT2D eigenvalue weighted by molar-refractivity contribution is -0.132. The second kappa shape index (κ2) is 11.9. The van der Waals surface area contributed by atoms with E-state index in [4.69, 9.17) is 4.52 Å². The minimum absolute atomic E-state index is 0.102.